The molecular formula is C21H23N3O4. The zero-order valence-electron chi connectivity index (χ0n) is 15.4. The van der Waals surface area contributed by atoms with Gasteiger partial charge in [-0.05, 0) is 36.6 Å². The molecule has 1 aliphatic rings. The highest BCUT2D eigenvalue weighted by atomic mass is 16.3. The van der Waals surface area contributed by atoms with E-state index in [4.69, 9.17) is 0 Å². The fourth-order valence-corrected chi connectivity index (χ4v) is 2.97. The van der Waals surface area contributed by atoms with Crippen molar-refractivity contribution in [2.45, 2.75) is 25.3 Å². The van der Waals surface area contributed by atoms with Crippen LogP contribution in [0.25, 0.3) is 0 Å². The van der Waals surface area contributed by atoms with Gasteiger partial charge in [0.25, 0.3) is 0 Å². The van der Waals surface area contributed by atoms with Crippen LogP contribution < -0.4 is 15.5 Å². The van der Waals surface area contributed by atoms with Crippen LogP contribution in [0.3, 0.4) is 0 Å². The molecule has 1 fully saturated rings. The molecule has 0 saturated carbocycles. The lowest BCUT2D eigenvalue weighted by Crippen LogP contribution is -2.44. The first kappa shape index (κ1) is 19.6. The Morgan fingerprint density at radius 3 is 2.50 bits per heavy atom. The van der Waals surface area contributed by atoms with Crippen LogP contribution in [-0.4, -0.2) is 42.0 Å². The number of amides is 3. The summed E-state index contributed by atoms with van der Waals surface area (Å²) >= 11 is 0. The lowest BCUT2D eigenvalue weighted by molar-refractivity contribution is -0.136. The molecule has 1 atom stereocenters. The second-order valence-electron chi connectivity index (χ2n) is 6.68. The number of hydrogen-bond donors (Lipinski definition) is 3. The molecule has 3 rings (SSSR count). The lowest BCUT2D eigenvalue weighted by atomic mass is 10.1. The molecule has 0 aliphatic carbocycles. The van der Waals surface area contributed by atoms with Gasteiger partial charge in [0.1, 0.15) is 0 Å². The van der Waals surface area contributed by atoms with Gasteiger partial charge in [0.05, 0.1) is 12.6 Å². The van der Waals surface area contributed by atoms with Gasteiger partial charge in [-0.15, -0.1) is 0 Å². The number of carbonyl (C=O) groups is 3. The molecule has 28 heavy (non-hydrogen) atoms. The third-order valence-electron chi connectivity index (χ3n) is 4.65. The van der Waals surface area contributed by atoms with E-state index in [1.165, 1.54) is 0 Å². The number of rotatable bonds is 7. The second kappa shape index (κ2) is 9.14. The van der Waals surface area contributed by atoms with Crippen LogP contribution in [0.1, 0.15) is 18.4 Å². The number of β-lactam (4-membered cyclic amide) rings is 1. The monoisotopic (exact) mass is 381 g/mol. The number of anilines is 2. The van der Waals surface area contributed by atoms with E-state index < -0.39 is 17.9 Å². The molecular weight excluding hydrogens is 358 g/mol. The third kappa shape index (κ3) is 4.95. The number of benzene rings is 2. The maximum Gasteiger partial charge on any atom is 0.313 e. The summed E-state index contributed by atoms with van der Waals surface area (Å²) < 4.78 is 0. The van der Waals surface area contributed by atoms with Gasteiger partial charge in [0.2, 0.25) is 5.91 Å². The lowest BCUT2D eigenvalue weighted by Gasteiger charge is -2.30. The zero-order valence-corrected chi connectivity index (χ0v) is 15.4. The highest BCUT2D eigenvalue weighted by Gasteiger charge is 2.25. The van der Waals surface area contributed by atoms with Crippen LogP contribution >= 0.6 is 0 Å². The van der Waals surface area contributed by atoms with Gasteiger partial charge >= 0.3 is 11.8 Å². The Labute approximate surface area is 163 Å². The van der Waals surface area contributed by atoms with Gasteiger partial charge in [0, 0.05) is 24.3 Å². The molecule has 0 spiro atoms. The van der Waals surface area contributed by atoms with Crippen molar-refractivity contribution >= 4 is 29.1 Å². The average molecular weight is 381 g/mol. The molecule has 1 heterocycles. The molecule has 1 saturated heterocycles. The van der Waals surface area contributed by atoms with Gasteiger partial charge in [-0.3, -0.25) is 14.4 Å². The van der Waals surface area contributed by atoms with Crippen LogP contribution in [0.2, 0.25) is 0 Å². The first-order chi connectivity index (χ1) is 13.6. The third-order valence-corrected chi connectivity index (χ3v) is 4.65. The van der Waals surface area contributed by atoms with E-state index in [1.807, 2.05) is 30.3 Å². The Bertz CT molecular complexity index is 854. The van der Waals surface area contributed by atoms with Crippen LogP contribution in [-0.2, 0) is 20.8 Å². The van der Waals surface area contributed by atoms with Crippen molar-refractivity contribution in [1.29, 1.82) is 0 Å². The van der Waals surface area contributed by atoms with Crippen molar-refractivity contribution < 1.29 is 19.5 Å². The summed E-state index contributed by atoms with van der Waals surface area (Å²) in [5.41, 5.74) is 2.21. The molecule has 0 bridgehead atoms. The predicted octanol–water partition coefficient (Wildman–Crippen LogP) is 1.47. The summed E-state index contributed by atoms with van der Waals surface area (Å²) in [6.07, 6.45) is 1.72. The van der Waals surface area contributed by atoms with Crippen molar-refractivity contribution in [1.82, 2.24) is 5.32 Å². The van der Waals surface area contributed by atoms with E-state index >= 15 is 0 Å². The van der Waals surface area contributed by atoms with Crippen LogP contribution in [0.5, 0.6) is 0 Å². The Kier molecular flexibility index (Phi) is 6.39. The molecule has 146 valence electrons. The molecule has 3 N–H and O–H groups in total. The van der Waals surface area contributed by atoms with Crippen molar-refractivity contribution in [3.8, 4) is 0 Å². The molecule has 2 aromatic rings. The van der Waals surface area contributed by atoms with Crippen LogP contribution in [0.4, 0.5) is 11.4 Å². The number of aliphatic hydroxyl groups is 1. The fourth-order valence-electron chi connectivity index (χ4n) is 2.97. The van der Waals surface area contributed by atoms with Gasteiger partial charge in [-0.25, -0.2) is 0 Å². The number of hydrogen-bond acceptors (Lipinski definition) is 4. The maximum absolute atomic E-state index is 12.2. The summed E-state index contributed by atoms with van der Waals surface area (Å²) in [5.74, 6) is -1.59. The minimum atomic E-state index is -0.815. The minimum absolute atomic E-state index is 0.0328. The van der Waals surface area contributed by atoms with E-state index in [0.29, 0.717) is 37.2 Å². The van der Waals surface area contributed by atoms with E-state index in [-0.39, 0.29) is 12.5 Å². The van der Waals surface area contributed by atoms with Gasteiger partial charge in [-0.2, -0.15) is 0 Å². The van der Waals surface area contributed by atoms with Crippen molar-refractivity contribution in [3.63, 3.8) is 0 Å². The molecule has 0 radical (unpaired) electrons. The Hall–Kier alpha value is -3.19. The van der Waals surface area contributed by atoms with Crippen LogP contribution in [0, 0.1) is 0 Å². The molecule has 1 aliphatic heterocycles. The molecule has 7 nitrogen and oxygen atoms in total. The topological polar surface area (TPSA) is 98.7 Å². The SMILES string of the molecule is O=C(Nc1cccc(N2CCC2=O)c1)C(=O)N[C@@H](CO)CCc1ccccc1. The van der Waals surface area contributed by atoms with E-state index in [9.17, 15) is 19.5 Å². The quantitative estimate of drug-likeness (QED) is 0.500. The molecule has 2 aromatic carbocycles. The summed E-state index contributed by atoms with van der Waals surface area (Å²) in [4.78, 5) is 37.5. The number of nitrogens with zero attached hydrogens (tertiary/aromatic N) is 1. The molecule has 7 heteroatoms. The van der Waals surface area contributed by atoms with Crippen molar-refractivity contribution in [3.05, 3.63) is 60.2 Å². The predicted molar refractivity (Wildman–Crippen MR) is 106 cm³/mol. The summed E-state index contributed by atoms with van der Waals surface area (Å²) in [5, 5.41) is 14.6. The van der Waals surface area contributed by atoms with Crippen LogP contribution in [0.15, 0.2) is 54.6 Å². The number of aliphatic hydroxyl groups excluding tert-OH is 1. The van der Waals surface area contributed by atoms with Crippen molar-refractivity contribution in [2.24, 2.45) is 0 Å². The highest BCUT2D eigenvalue weighted by Crippen LogP contribution is 2.24. The number of carbonyl (C=O) groups excluding carboxylic acids is 3. The van der Waals surface area contributed by atoms with Gasteiger partial charge in [0.15, 0.2) is 0 Å². The van der Waals surface area contributed by atoms with Gasteiger partial charge in [-0.1, -0.05) is 36.4 Å². The smallest absolute Gasteiger partial charge is 0.313 e. The maximum atomic E-state index is 12.2. The standard InChI is InChI=1S/C21H23N3O4/c25-14-17(10-9-15-5-2-1-3-6-15)23-21(28)20(27)22-16-7-4-8-18(13-16)24-12-11-19(24)26/h1-8,13,17,25H,9-12,14H2,(H,22,27)(H,23,28)/t17-/m1/s1. The fraction of sp³-hybridized carbons (Fsp3) is 0.286. The molecule has 3 amide bonds. The molecule has 0 unspecified atom stereocenters. The Morgan fingerprint density at radius 1 is 1.07 bits per heavy atom. The number of aryl methyl sites for hydroxylation is 1. The number of nitrogens with one attached hydrogen (secondary N) is 2. The Balaban J connectivity index is 1.52. The average Bonchev–Trinajstić information content (AvgIpc) is 2.70. The highest BCUT2D eigenvalue weighted by molar-refractivity contribution is 6.39. The minimum Gasteiger partial charge on any atom is -0.394 e. The second-order valence-corrected chi connectivity index (χ2v) is 6.68. The Morgan fingerprint density at radius 2 is 1.86 bits per heavy atom. The first-order valence-electron chi connectivity index (χ1n) is 9.24. The van der Waals surface area contributed by atoms with Crippen molar-refractivity contribution in [2.75, 3.05) is 23.4 Å². The van der Waals surface area contributed by atoms with E-state index in [0.717, 1.165) is 5.56 Å². The first-order valence-corrected chi connectivity index (χ1v) is 9.24. The normalized spacial score (nSPS) is 14.2. The van der Waals surface area contributed by atoms with E-state index in [2.05, 4.69) is 10.6 Å². The molecule has 0 aromatic heterocycles. The van der Waals surface area contributed by atoms with Gasteiger partial charge < -0.3 is 20.6 Å². The summed E-state index contributed by atoms with van der Waals surface area (Å²) in [6, 6.07) is 16.0. The van der Waals surface area contributed by atoms with E-state index in [1.54, 1.807) is 29.2 Å². The largest absolute Gasteiger partial charge is 0.394 e. The summed E-state index contributed by atoms with van der Waals surface area (Å²) in [7, 11) is 0. The summed E-state index contributed by atoms with van der Waals surface area (Å²) in [6.45, 7) is 0.398. The zero-order chi connectivity index (χ0) is 19.9.